The van der Waals surface area contributed by atoms with Gasteiger partial charge in [-0.15, -0.1) is 0 Å². The molecule has 5 aliphatic rings. The third-order valence-electron chi connectivity index (χ3n) is 8.52. The molecule has 1 saturated carbocycles. The van der Waals surface area contributed by atoms with Crippen molar-refractivity contribution in [3.63, 3.8) is 0 Å². The van der Waals surface area contributed by atoms with Crippen LogP contribution >= 0.6 is 0 Å². The van der Waals surface area contributed by atoms with Crippen molar-refractivity contribution in [3.05, 3.63) is 70.9 Å². The SMILES string of the molecule is CN[C@H]1CC2CC1n1c3c(c4ccccc41)C1=C(C(=O)NC1=O)C1c4ccccc4N2C31. The number of fused-ring (bicyclic) bond motifs is 12. The molecule has 2 aromatic carbocycles. The van der Waals surface area contributed by atoms with Crippen LogP contribution in [0.5, 0.6) is 0 Å². The molecule has 2 amide bonds. The number of para-hydroxylation sites is 2. The summed E-state index contributed by atoms with van der Waals surface area (Å²) in [5, 5.41) is 7.29. The zero-order chi connectivity index (χ0) is 21.3. The summed E-state index contributed by atoms with van der Waals surface area (Å²) in [5.74, 6) is -0.592. The van der Waals surface area contributed by atoms with Crippen LogP contribution in [0.15, 0.2) is 54.1 Å². The van der Waals surface area contributed by atoms with Gasteiger partial charge in [-0.05, 0) is 37.6 Å². The van der Waals surface area contributed by atoms with E-state index in [1.54, 1.807) is 0 Å². The molecular weight excluding hydrogens is 400 g/mol. The van der Waals surface area contributed by atoms with Gasteiger partial charge in [-0.3, -0.25) is 14.9 Å². The fourth-order valence-electron chi connectivity index (χ4n) is 7.51. The summed E-state index contributed by atoms with van der Waals surface area (Å²) < 4.78 is 2.52. The Hall–Kier alpha value is -3.38. The first kappa shape index (κ1) is 17.2. The van der Waals surface area contributed by atoms with Gasteiger partial charge >= 0.3 is 0 Å². The molecule has 5 atom stereocenters. The summed E-state index contributed by atoms with van der Waals surface area (Å²) in [6.45, 7) is 0. The first-order valence-electron chi connectivity index (χ1n) is 11.5. The molecule has 1 aromatic heterocycles. The van der Waals surface area contributed by atoms with Crippen LogP contribution < -0.4 is 15.5 Å². The average molecular weight is 422 g/mol. The number of hydrogen-bond acceptors (Lipinski definition) is 4. The summed E-state index contributed by atoms with van der Waals surface area (Å²) in [7, 11) is 2.06. The zero-order valence-corrected chi connectivity index (χ0v) is 17.6. The van der Waals surface area contributed by atoms with Crippen LogP contribution in [-0.2, 0) is 9.59 Å². The van der Waals surface area contributed by atoms with Gasteiger partial charge in [0.15, 0.2) is 0 Å². The first-order chi connectivity index (χ1) is 15.7. The summed E-state index contributed by atoms with van der Waals surface area (Å²) in [5.41, 5.74) is 6.99. The number of amides is 2. The van der Waals surface area contributed by atoms with E-state index in [0.29, 0.717) is 29.3 Å². The van der Waals surface area contributed by atoms with Crippen molar-refractivity contribution in [1.29, 1.82) is 0 Å². The van der Waals surface area contributed by atoms with Gasteiger partial charge in [-0.1, -0.05) is 36.4 Å². The van der Waals surface area contributed by atoms with E-state index < -0.39 is 0 Å². The van der Waals surface area contributed by atoms with E-state index >= 15 is 0 Å². The minimum absolute atomic E-state index is 0.0398. The van der Waals surface area contributed by atoms with Crippen molar-refractivity contribution in [1.82, 2.24) is 15.2 Å². The van der Waals surface area contributed by atoms with E-state index in [9.17, 15) is 9.59 Å². The highest BCUT2D eigenvalue weighted by molar-refractivity contribution is 6.39. The van der Waals surface area contributed by atoms with Crippen LogP contribution in [0.4, 0.5) is 5.69 Å². The van der Waals surface area contributed by atoms with Gasteiger partial charge in [0.2, 0.25) is 0 Å². The average Bonchev–Trinajstić information content (AvgIpc) is 3.50. The molecule has 158 valence electrons. The molecule has 4 unspecified atom stereocenters. The molecule has 2 bridgehead atoms. The van der Waals surface area contributed by atoms with Crippen LogP contribution in [0.2, 0.25) is 0 Å². The number of nitrogens with one attached hydrogen (secondary N) is 2. The largest absolute Gasteiger partial charge is 0.359 e. The number of benzene rings is 2. The van der Waals surface area contributed by atoms with Gasteiger partial charge < -0.3 is 14.8 Å². The molecule has 0 spiro atoms. The molecule has 6 nitrogen and oxygen atoms in total. The van der Waals surface area contributed by atoms with Crippen LogP contribution in [0.25, 0.3) is 16.5 Å². The Morgan fingerprint density at radius 1 is 1.00 bits per heavy atom. The topological polar surface area (TPSA) is 66.4 Å². The zero-order valence-electron chi connectivity index (χ0n) is 17.6. The predicted octanol–water partition coefficient (Wildman–Crippen LogP) is 3.01. The second-order valence-electron chi connectivity index (χ2n) is 9.70. The molecule has 4 heterocycles. The lowest BCUT2D eigenvalue weighted by atomic mass is 9.76. The lowest BCUT2D eigenvalue weighted by Crippen LogP contribution is -2.41. The third kappa shape index (κ3) is 1.73. The number of nitrogens with zero attached hydrogens (tertiary/aromatic N) is 2. The summed E-state index contributed by atoms with van der Waals surface area (Å²) >= 11 is 0. The van der Waals surface area contributed by atoms with Crippen molar-refractivity contribution in [3.8, 4) is 0 Å². The Balaban J connectivity index is 1.58. The third-order valence-corrected chi connectivity index (χ3v) is 8.52. The Morgan fingerprint density at radius 3 is 2.69 bits per heavy atom. The van der Waals surface area contributed by atoms with Crippen LogP contribution in [0.3, 0.4) is 0 Å². The van der Waals surface area contributed by atoms with Crippen molar-refractivity contribution < 1.29 is 9.59 Å². The van der Waals surface area contributed by atoms with Crippen LogP contribution in [-0.4, -0.2) is 35.5 Å². The number of rotatable bonds is 1. The summed E-state index contributed by atoms with van der Waals surface area (Å²) in [6, 6.07) is 18.0. The molecule has 3 aromatic rings. The maximum absolute atomic E-state index is 13.2. The van der Waals surface area contributed by atoms with Crippen LogP contribution in [0, 0.1) is 0 Å². The normalized spacial score (nSPS) is 31.0. The smallest absolute Gasteiger partial charge is 0.259 e. The maximum Gasteiger partial charge on any atom is 0.259 e. The molecule has 32 heavy (non-hydrogen) atoms. The number of hydrogen-bond donors (Lipinski definition) is 2. The van der Waals surface area contributed by atoms with Crippen molar-refractivity contribution in [2.24, 2.45) is 0 Å². The molecule has 1 fully saturated rings. The van der Waals surface area contributed by atoms with E-state index in [1.165, 1.54) is 22.5 Å². The standard InChI is InChI=1S/C26H22N4O2/c1-27-15-10-12-11-18(15)30-17-9-5-3-7-14(17)20-22-21(25(31)28-26(22)32)19-13-6-2-4-8-16(13)29(12)23(19)24(20)30/h2-9,12,15,18-19,23,27H,10-11H2,1H3,(H,28,31,32)/t12?,15-,18?,19?,23?/m0/s1. The lowest BCUT2D eigenvalue weighted by Gasteiger charge is -2.38. The van der Waals surface area contributed by atoms with Crippen molar-refractivity contribution in [2.45, 2.75) is 42.9 Å². The number of anilines is 1. The molecule has 2 aliphatic carbocycles. The van der Waals surface area contributed by atoms with E-state index in [2.05, 4.69) is 69.6 Å². The Kier molecular flexibility index (Phi) is 2.96. The molecule has 0 radical (unpaired) electrons. The fourth-order valence-corrected chi connectivity index (χ4v) is 7.51. The van der Waals surface area contributed by atoms with Crippen LogP contribution in [0.1, 0.15) is 47.7 Å². The summed E-state index contributed by atoms with van der Waals surface area (Å²) in [4.78, 5) is 28.9. The monoisotopic (exact) mass is 422 g/mol. The highest BCUT2D eigenvalue weighted by atomic mass is 16.2. The van der Waals surface area contributed by atoms with E-state index in [4.69, 9.17) is 0 Å². The number of carbonyl (C=O) groups is 2. The van der Waals surface area contributed by atoms with Gasteiger partial charge in [0.1, 0.15) is 0 Å². The lowest BCUT2D eigenvalue weighted by molar-refractivity contribution is -0.123. The number of aromatic nitrogens is 1. The van der Waals surface area contributed by atoms with E-state index in [0.717, 1.165) is 23.8 Å². The van der Waals surface area contributed by atoms with E-state index in [1.807, 2.05) is 6.07 Å². The highest BCUT2D eigenvalue weighted by Gasteiger charge is 2.58. The summed E-state index contributed by atoms with van der Waals surface area (Å²) in [6.07, 6.45) is 2.12. The molecule has 6 heteroatoms. The molecular formula is C26H22N4O2. The molecule has 3 aliphatic heterocycles. The van der Waals surface area contributed by atoms with Crippen molar-refractivity contribution >= 4 is 34.0 Å². The minimum Gasteiger partial charge on any atom is -0.359 e. The number of imide groups is 1. The molecule has 0 saturated heterocycles. The first-order valence-corrected chi connectivity index (χ1v) is 11.5. The highest BCUT2D eigenvalue weighted by Crippen LogP contribution is 2.63. The molecule has 8 rings (SSSR count). The second-order valence-corrected chi connectivity index (χ2v) is 9.70. The van der Waals surface area contributed by atoms with Crippen molar-refractivity contribution in [2.75, 3.05) is 11.9 Å². The number of carbonyl (C=O) groups excluding carboxylic acids is 2. The van der Waals surface area contributed by atoms with Gasteiger partial charge in [-0.2, -0.15) is 0 Å². The quantitative estimate of drug-likeness (QED) is 0.592. The predicted molar refractivity (Wildman–Crippen MR) is 121 cm³/mol. The minimum atomic E-state index is -0.252. The van der Waals surface area contributed by atoms with Gasteiger partial charge in [0, 0.05) is 45.7 Å². The maximum atomic E-state index is 13.2. The Morgan fingerprint density at radius 2 is 1.81 bits per heavy atom. The fraction of sp³-hybridized carbons (Fsp3) is 0.308. The molecule has 2 N–H and O–H groups in total. The van der Waals surface area contributed by atoms with Gasteiger partial charge in [-0.25, -0.2) is 0 Å². The second kappa shape index (κ2) is 5.51. The van der Waals surface area contributed by atoms with Gasteiger partial charge in [0.05, 0.1) is 23.4 Å². The Bertz CT molecular complexity index is 1430. The van der Waals surface area contributed by atoms with Gasteiger partial charge in [0.25, 0.3) is 11.8 Å². The Labute approximate surface area is 184 Å². The number of likely N-dealkylation sites (N-methyl/N-ethyl adjacent to an activating group) is 1. The van der Waals surface area contributed by atoms with E-state index in [-0.39, 0.29) is 23.8 Å².